The van der Waals surface area contributed by atoms with Crippen molar-refractivity contribution in [1.29, 1.82) is 0 Å². The molecule has 2 aromatic rings. The van der Waals surface area contributed by atoms with Gasteiger partial charge in [0, 0.05) is 37.2 Å². The molecule has 2 aromatic carbocycles. The van der Waals surface area contributed by atoms with Gasteiger partial charge < -0.3 is 16.4 Å². The Hall–Kier alpha value is -3.46. The lowest BCUT2D eigenvalue weighted by Gasteiger charge is -2.30. The molecule has 0 radical (unpaired) electrons. The number of anilines is 2. The summed E-state index contributed by atoms with van der Waals surface area (Å²) in [7, 11) is 0. The van der Waals surface area contributed by atoms with Gasteiger partial charge in [-0.25, -0.2) is 0 Å². The number of para-hydroxylation sites is 2. The van der Waals surface area contributed by atoms with Crippen LogP contribution in [0.3, 0.4) is 0 Å². The Morgan fingerprint density at radius 3 is 2.58 bits per heavy atom. The summed E-state index contributed by atoms with van der Waals surface area (Å²) in [5.41, 5.74) is 7.55. The number of carbonyl (C=O) groups excluding carboxylic acids is 2. The lowest BCUT2D eigenvalue weighted by Crippen LogP contribution is -2.38. The minimum atomic E-state index is -0.454. The van der Waals surface area contributed by atoms with Gasteiger partial charge in [0.1, 0.15) is 5.69 Å². The number of hydrogen-bond acceptors (Lipinski definition) is 6. The summed E-state index contributed by atoms with van der Waals surface area (Å²) in [4.78, 5) is 36.4. The Kier molecular flexibility index (Phi) is 7.55. The van der Waals surface area contributed by atoms with E-state index >= 15 is 0 Å². The highest BCUT2D eigenvalue weighted by Crippen LogP contribution is 2.23. The van der Waals surface area contributed by atoms with Crippen molar-refractivity contribution in [3.63, 3.8) is 0 Å². The lowest BCUT2D eigenvalue weighted by atomic mass is 9.96. The predicted molar refractivity (Wildman–Crippen MR) is 118 cm³/mol. The number of likely N-dealkylation sites (tertiary alicyclic amines) is 1. The molecule has 1 aliphatic heterocycles. The van der Waals surface area contributed by atoms with Crippen LogP contribution >= 0.6 is 0 Å². The summed E-state index contributed by atoms with van der Waals surface area (Å²) in [6.07, 6.45) is 1.73. The fourth-order valence-corrected chi connectivity index (χ4v) is 3.70. The number of carbonyl (C=O) groups is 2. The highest BCUT2D eigenvalue weighted by molar-refractivity contribution is 5.91. The van der Waals surface area contributed by atoms with Crippen LogP contribution in [0.4, 0.5) is 17.1 Å². The van der Waals surface area contributed by atoms with Gasteiger partial charge in [0.15, 0.2) is 0 Å². The van der Waals surface area contributed by atoms with E-state index in [2.05, 4.69) is 15.5 Å². The number of nitrogens with two attached hydrogens (primary N) is 1. The highest BCUT2D eigenvalue weighted by atomic mass is 16.6. The lowest BCUT2D eigenvalue weighted by molar-refractivity contribution is -0.384. The summed E-state index contributed by atoms with van der Waals surface area (Å²) in [5, 5.41) is 16.9. The van der Waals surface area contributed by atoms with Gasteiger partial charge in [0.2, 0.25) is 11.8 Å². The molecule has 0 saturated carbocycles. The van der Waals surface area contributed by atoms with Gasteiger partial charge in [-0.15, -0.1) is 0 Å². The average Bonchev–Trinajstić information content (AvgIpc) is 2.74. The van der Waals surface area contributed by atoms with E-state index in [-0.39, 0.29) is 36.4 Å². The number of primary amides is 1. The van der Waals surface area contributed by atoms with Crippen LogP contribution in [0.5, 0.6) is 0 Å². The zero-order valence-electron chi connectivity index (χ0n) is 17.3. The second-order valence-electron chi connectivity index (χ2n) is 7.65. The van der Waals surface area contributed by atoms with Crippen LogP contribution in [-0.4, -0.2) is 41.3 Å². The number of piperidine rings is 1. The molecule has 0 aliphatic carbocycles. The predicted octanol–water partition coefficient (Wildman–Crippen LogP) is 2.73. The molecule has 9 heteroatoms. The van der Waals surface area contributed by atoms with Crippen molar-refractivity contribution in [2.45, 2.75) is 25.8 Å². The molecule has 2 amide bonds. The van der Waals surface area contributed by atoms with E-state index in [1.165, 1.54) is 6.07 Å². The van der Waals surface area contributed by atoms with Gasteiger partial charge in [0.25, 0.3) is 5.69 Å². The molecule has 31 heavy (non-hydrogen) atoms. The largest absolute Gasteiger partial charge is 0.379 e. The number of hydrogen-bond donors (Lipinski definition) is 3. The first-order valence-corrected chi connectivity index (χ1v) is 10.3. The number of benzene rings is 2. The number of rotatable bonds is 9. The second kappa shape index (κ2) is 10.5. The molecule has 1 heterocycles. The van der Waals surface area contributed by atoms with Crippen molar-refractivity contribution in [1.82, 2.24) is 4.90 Å². The molecule has 0 spiro atoms. The third kappa shape index (κ3) is 6.51. The van der Waals surface area contributed by atoms with E-state index in [4.69, 9.17) is 5.73 Å². The van der Waals surface area contributed by atoms with Crippen LogP contribution in [0.2, 0.25) is 0 Å². The Morgan fingerprint density at radius 2 is 1.87 bits per heavy atom. The monoisotopic (exact) mass is 425 g/mol. The maximum atomic E-state index is 12.3. The third-order valence-corrected chi connectivity index (χ3v) is 5.38. The number of nitrogens with zero attached hydrogens (tertiary/aromatic N) is 2. The number of nitro groups is 1. The molecule has 164 valence electrons. The molecule has 4 N–H and O–H groups in total. The maximum absolute atomic E-state index is 12.3. The van der Waals surface area contributed by atoms with Crippen LogP contribution in [-0.2, 0) is 16.1 Å². The topological polar surface area (TPSA) is 131 Å². The fourth-order valence-electron chi connectivity index (χ4n) is 3.70. The van der Waals surface area contributed by atoms with Crippen molar-refractivity contribution >= 4 is 28.9 Å². The van der Waals surface area contributed by atoms with Gasteiger partial charge in [0.05, 0.1) is 4.92 Å². The Labute approximate surface area is 180 Å². The van der Waals surface area contributed by atoms with E-state index in [1.807, 2.05) is 24.3 Å². The molecule has 1 fully saturated rings. The van der Waals surface area contributed by atoms with E-state index < -0.39 is 4.92 Å². The van der Waals surface area contributed by atoms with E-state index in [0.717, 1.165) is 38.0 Å². The summed E-state index contributed by atoms with van der Waals surface area (Å²) >= 11 is 0. The van der Waals surface area contributed by atoms with Crippen molar-refractivity contribution in [3.8, 4) is 0 Å². The van der Waals surface area contributed by atoms with Crippen molar-refractivity contribution in [2.75, 3.05) is 30.3 Å². The SMILES string of the molecule is NC(=O)C1CCN(Cc2cccc(NC(=O)CCNc3ccccc3[N+](=O)[O-])c2)CC1. The number of nitrogens with one attached hydrogen (secondary N) is 2. The Morgan fingerprint density at radius 1 is 1.13 bits per heavy atom. The van der Waals surface area contributed by atoms with E-state index in [9.17, 15) is 19.7 Å². The molecule has 0 bridgehead atoms. The molecule has 9 nitrogen and oxygen atoms in total. The van der Waals surface area contributed by atoms with Gasteiger partial charge in [-0.3, -0.25) is 24.6 Å². The maximum Gasteiger partial charge on any atom is 0.292 e. The molecule has 1 saturated heterocycles. The first-order chi connectivity index (χ1) is 14.9. The standard InChI is InChI=1S/C22H27N5O4/c23-22(29)17-9-12-26(13-10-17)15-16-4-3-5-18(14-16)25-21(28)8-11-24-19-6-1-2-7-20(19)27(30)31/h1-7,14,17,24H,8-13,15H2,(H2,23,29)(H,25,28). The first-order valence-electron chi connectivity index (χ1n) is 10.3. The van der Waals surface area contributed by atoms with Gasteiger partial charge in [-0.1, -0.05) is 24.3 Å². The van der Waals surface area contributed by atoms with Crippen molar-refractivity contribution in [3.05, 3.63) is 64.2 Å². The third-order valence-electron chi connectivity index (χ3n) is 5.38. The van der Waals surface area contributed by atoms with E-state index in [1.54, 1.807) is 18.2 Å². The minimum Gasteiger partial charge on any atom is -0.379 e. The number of amides is 2. The zero-order chi connectivity index (χ0) is 22.2. The zero-order valence-corrected chi connectivity index (χ0v) is 17.3. The van der Waals surface area contributed by atoms with Gasteiger partial charge in [-0.05, 0) is 49.7 Å². The second-order valence-corrected chi connectivity index (χ2v) is 7.65. The summed E-state index contributed by atoms with van der Waals surface area (Å²) in [5.74, 6) is -0.431. The van der Waals surface area contributed by atoms with E-state index in [0.29, 0.717) is 11.4 Å². The molecule has 0 atom stereocenters. The summed E-state index contributed by atoms with van der Waals surface area (Å²) in [6, 6.07) is 14.0. The number of nitro benzene ring substituents is 1. The van der Waals surface area contributed by atoms with Crippen LogP contribution in [0.25, 0.3) is 0 Å². The van der Waals surface area contributed by atoms with Gasteiger partial charge >= 0.3 is 0 Å². The molecule has 3 rings (SSSR count). The normalized spacial score (nSPS) is 14.7. The average molecular weight is 425 g/mol. The molecule has 1 aliphatic rings. The van der Waals surface area contributed by atoms with Crippen molar-refractivity contribution < 1.29 is 14.5 Å². The first kappa shape index (κ1) is 22.2. The fraction of sp³-hybridized carbons (Fsp3) is 0.364. The van der Waals surface area contributed by atoms with Gasteiger partial charge in [-0.2, -0.15) is 0 Å². The quantitative estimate of drug-likeness (QED) is 0.418. The van der Waals surface area contributed by atoms with Crippen molar-refractivity contribution in [2.24, 2.45) is 11.7 Å². The molecule has 0 unspecified atom stereocenters. The molecular weight excluding hydrogens is 398 g/mol. The molecular formula is C22H27N5O4. The Balaban J connectivity index is 1.47. The van der Waals surface area contributed by atoms with Crippen LogP contribution < -0.4 is 16.4 Å². The highest BCUT2D eigenvalue weighted by Gasteiger charge is 2.23. The van der Waals surface area contributed by atoms with Crippen LogP contribution in [0, 0.1) is 16.0 Å². The van der Waals surface area contributed by atoms with Crippen LogP contribution in [0.1, 0.15) is 24.8 Å². The Bertz CT molecular complexity index is 941. The summed E-state index contributed by atoms with van der Waals surface area (Å²) in [6.45, 7) is 2.67. The molecule has 0 aromatic heterocycles. The minimum absolute atomic E-state index is 0.0181. The van der Waals surface area contributed by atoms with Crippen LogP contribution in [0.15, 0.2) is 48.5 Å². The smallest absolute Gasteiger partial charge is 0.292 e. The summed E-state index contributed by atoms with van der Waals surface area (Å²) < 4.78 is 0.